The summed E-state index contributed by atoms with van der Waals surface area (Å²) < 4.78 is 39.3. The molecule has 1 aromatic carbocycles. The van der Waals surface area contributed by atoms with E-state index in [4.69, 9.17) is 5.73 Å². The summed E-state index contributed by atoms with van der Waals surface area (Å²) in [5.74, 6) is -4.06. The van der Waals surface area contributed by atoms with E-state index in [1.54, 1.807) is 30.3 Å². The summed E-state index contributed by atoms with van der Waals surface area (Å²) in [6, 6.07) is 6.38. The summed E-state index contributed by atoms with van der Waals surface area (Å²) in [6.45, 7) is 0. The highest BCUT2D eigenvalue weighted by Crippen LogP contribution is 2.24. The molecule has 0 bridgehead atoms. The molecule has 138 valence electrons. The number of benzene rings is 1. The molecule has 10 heteroatoms. The largest absolute Gasteiger partial charge is 0.391 e. The zero-order chi connectivity index (χ0) is 19.5. The van der Waals surface area contributed by atoms with Crippen molar-refractivity contribution in [2.75, 3.05) is 0 Å². The van der Waals surface area contributed by atoms with E-state index in [1.807, 2.05) is 5.32 Å². The third kappa shape index (κ3) is 4.68. The molecule has 1 atom stereocenters. The number of aromatic nitrogens is 2. The number of carbonyl (C=O) groups excluding carboxylic acids is 3. The number of Topliss-reactive ketones (excluding diaryl/α,β-unsaturated/α-hetero) is 1. The van der Waals surface area contributed by atoms with Crippen LogP contribution in [0.25, 0.3) is 11.3 Å². The molecule has 0 fully saturated rings. The third-order valence-electron chi connectivity index (χ3n) is 3.42. The Morgan fingerprint density at radius 1 is 1.23 bits per heavy atom. The molecule has 1 heterocycles. The Morgan fingerprint density at radius 2 is 1.85 bits per heavy atom. The number of ketones is 1. The van der Waals surface area contributed by atoms with Crippen LogP contribution in [-0.2, 0) is 16.6 Å². The summed E-state index contributed by atoms with van der Waals surface area (Å²) in [5, 5.41) is 6.05. The number of aryl methyl sites for hydroxylation is 1. The van der Waals surface area contributed by atoms with Gasteiger partial charge in [-0.1, -0.05) is 30.3 Å². The molecule has 0 saturated carbocycles. The van der Waals surface area contributed by atoms with Gasteiger partial charge in [0, 0.05) is 18.8 Å². The van der Waals surface area contributed by atoms with E-state index in [0.717, 1.165) is 0 Å². The minimum absolute atomic E-state index is 0.0388. The van der Waals surface area contributed by atoms with Gasteiger partial charge in [-0.25, -0.2) is 0 Å². The van der Waals surface area contributed by atoms with Gasteiger partial charge in [0.1, 0.15) is 11.7 Å². The maximum atomic E-state index is 12.7. The molecule has 0 spiro atoms. The fourth-order valence-corrected chi connectivity index (χ4v) is 2.31. The summed E-state index contributed by atoms with van der Waals surface area (Å²) in [5.41, 5.74) is 5.52. The van der Waals surface area contributed by atoms with Crippen molar-refractivity contribution in [3.63, 3.8) is 0 Å². The number of hydrogen-bond donors (Lipinski definition) is 2. The molecule has 26 heavy (non-hydrogen) atoms. The van der Waals surface area contributed by atoms with E-state index in [0.29, 0.717) is 5.56 Å². The highest BCUT2D eigenvalue weighted by Gasteiger charge is 2.38. The molecule has 1 aromatic heterocycles. The second kappa shape index (κ2) is 7.38. The first kappa shape index (κ1) is 19.2. The van der Waals surface area contributed by atoms with Crippen molar-refractivity contribution >= 4 is 17.6 Å². The highest BCUT2D eigenvalue weighted by atomic mass is 19.4. The quantitative estimate of drug-likeness (QED) is 0.747. The van der Waals surface area contributed by atoms with E-state index < -0.39 is 36.2 Å². The van der Waals surface area contributed by atoms with Crippen LogP contribution in [0.15, 0.2) is 36.5 Å². The van der Waals surface area contributed by atoms with Crippen molar-refractivity contribution in [3.8, 4) is 11.3 Å². The molecule has 2 rings (SSSR count). The number of alkyl halides is 3. The van der Waals surface area contributed by atoms with Crippen LogP contribution in [0.1, 0.15) is 16.8 Å². The number of hydrogen-bond acceptors (Lipinski definition) is 4. The molecule has 7 nitrogen and oxygen atoms in total. The lowest BCUT2D eigenvalue weighted by Gasteiger charge is -2.17. The predicted octanol–water partition coefficient (Wildman–Crippen LogP) is 1.19. The van der Waals surface area contributed by atoms with Crippen LogP contribution in [0.2, 0.25) is 0 Å². The number of halogens is 3. The molecule has 3 N–H and O–H groups in total. The van der Waals surface area contributed by atoms with Crippen LogP contribution in [-0.4, -0.2) is 39.6 Å². The van der Waals surface area contributed by atoms with Crippen LogP contribution in [0.4, 0.5) is 13.2 Å². The Balaban J connectivity index is 2.33. The first-order valence-corrected chi connectivity index (χ1v) is 7.39. The van der Waals surface area contributed by atoms with E-state index >= 15 is 0 Å². The van der Waals surface area contributed by atoms with Gasteiger partial charge in [0.05, 0.1) is 12.0 Å². The third-order valence-corrected chi connectivity index (χ3v) is 3.42. The monoisotopic (exact) mass is 368 g/mol. The lowest BCUT2D eigenvalue weighted by Crippen LogP contribution is -2.48. The van der Waals surface area contributed by atoms with E-state index in [-0.39, 0.29) is 11.3 Å². The summed E-state index contributed by atoms with van der Waals surface area (Å²) in [4.78, 5) is 35.1. The molecule has 0 saturated heterocycles. The van der Waals surface area contributed by atoms with Gasteiger partial charge in [-0.05, 0) is 0 Å². The van der Waals surface area contributed by atoms with Gasteiger partial charge >= 0.3 is 6.18 Å². The minimum atomic E-state index is -4.78. The topological polar surface area (TPSA) is 107 Å². The first-order chi connectivity index (χ1) is 12.1. The number of primary amides is 1. The molecular weight excluding hydrogens is 353 g/mol. The first-order valence-electron chi connectivity index (χ1n) is 7.39. The molecule has 2 amide bonds. The second-order valence-electron chi connectivity index (χ2n) is 5.50. The summed E-state index contributed by atoms with van der Waals surface area (Å²) in [6.07, 6.45) is -5.18. The van der Waals surface area contributed by atoms with Crippen LogP contribution in [0.5, 0.6) is 0 Å². The average Bonchev–Trinajstić information content (AvgIpc) is 2.95. The van der Waals surface area contributed by atoms with Gasteiger partial charge in [-0.2, -0.15) is 18.3 Å². The number of carbonyl (C=O) groups is 3. The van der Waals surface area contributed by atoms with Crippen molar-refractivity contribution in [1.29, 1.82) is 0 Å². The Kier molecular flexibility index (Phi) is 5.44. The minimum Gasteiger partial charge on any atom is -0.363 e. The number of rotatable bonds is 6. The van der Waals surface area contributed by atoms with Crippen molar-refractivity contribution in [2.24, 2.45) is 12.8 Å². The van der Waals surface area contributed by atoms with Gasteiger partial charge in [-0.15, -0.1) is 0 Å². The normalized spacial score (nSPS) is 12.5. The summed E-state index contributed by atoms with van der Waals surface area (Å²) >= 11 is 0. The fraction of sp³-hybridized carbons (Fsp3) is 0.250. The maximum Gasteiger partial charge on any atom is 0.391 e. The molecule has 0 aliphatic heterocycles. The Labute approximate surface area is 146 Å². The highest BCUT2D eigenvalue weighted by molar-refractivity contribution is 6.38. The zero-order valence-corrected chi connectivity index (χ0v) is 13.6. The number of nitrogens with zero attached hydrogens (tertiary/aromatic N) is 2. The molecule has 2 aromatic rings. The Bertz CT molecular complexity index is 831. The van der Waals surface area contributed by atoms with E-state index in [1.165, 1.54) is 17.9 Å². The molecule has 0 aliphatic rings. The van der Waals surface area contributed by atoms with Crippen molar-refractivity contribution < 1.29 is 27.6 Å². The van der Waals surface area contributed by atoms with Crippen LogP contribution >= 0.6 is 0 Å². The van der Waals surface area contributed by atoms with Crippen molar-refractivity contribution in [1.82, 2.24) is 15.1 Å². The molecule has 0 radical (unpaired) electrons. The van der Waals surface area contributed by atoms with Crippen LogP contribution in [0.3, 0.4) is 0 Å². The van der Waals surface area contributed by atoms with Gasteiger partial charge in [-0.3, -0.25) is 19.1 Å². The molecular formula is C16H15F3N4O3. The van der Waals surface area contributed by atoms with Gasteiger partial charge in [0.15, 0.2) is 0 Å². The summed E-state index contributed by atoms with van der Waals surface area (Å²) in [7, 11) is 1.53. The number of nitrogens with one attached hydrogen (secondary N) is 1. The van der Waals surface area contributed by atoms with E-state index in [2.05, 4.69) is 5.10 Å². The van der Waals surface area contributed by atoms with Crippen molar-refractivity contribution in [2.45, 2.75) is 18.6 Å². The predicted molar refractivity (Wildman–Crippen MR) is 84.8 cm³/mol. The van der Waals surface area contributed by atoms with Gasteiger partial charge < -0.3 is 11.1 Å². The second-order valence-corrected chi connectivity index (χ2v) is 5.50. The molecule has 0 aliphatic carbocycles. The van der Waals surface area contributed by atoms with Gasteiger partial charge in [0.25, 0.3) is 11.8 Å². The Morgan fingerprint density at radius 3 is 2.38 bits per heavy atom. The number of nitrogens with two attached hydrogens (primary N) is 1. The van der Waals surface area contributed by atoms with Gasteiger partial charge in [0.2, 0.25) is 5.78 Å². The smallest absolute Gasteiger partial charge is 0.363 e. The standard InChI is InChI=1S/C16H15F3N4O3/c1-23-8-10(12(22-23)9-5-3-2-4-6-9)15(26)21-11(7-16(17,18)19)13(24)14(20)25/h2-6,8,11H,7H2,1H3,(H2,20,25)(H,21,26). The van der Waals surface area contributed by atoms with Crippen molar-refractivity contribution in [3.05, 3.63) is 42.1 Å². The lowest BCUT2D eigenvalue weighted by molar-refractivity contribution is -0.151. The molecule has 1 unspecified atom stereocenters. The number of amides is 2. The average molecular weight is 368 g/mol. The van der Waals surface area contributed by atoms with E-state index in [9.17, 15) is 27.6 Å². The SMILES string of the molecule is Cn1cc(C(=O)NC(CC(F)(F)F)C(=O)C(N)=O)c(-c2ccccc2)n1. The fourth-order valence-electron chi connectivity index (χ4n) is 2.31. The Hall–Kier alpha value is -3.17. The maximum absolute atomic E-state index is 12.7. The van der Waals surface area contributed by atoms with Crippen LogP contribution in [0, 0.1) is 0 Å². The zero-order valence-electron chi connectivity index (χ0n) is 13.6. The van der Waals surface area contributed by atoms with Crippen LogP contribution < -0.4 is 11.1 Å². The lowest BCUT2D eigenvalue weighted by atomic mass is 10.1.